The van der Waals surface area contributed by atoms with Gasteiger partial charge in [-0.05, 0) is 29.8 Å². The first kappa shape index (κ1) is 18.7. The number of halogens is 3. The smallest absolute Gasteiger partial charge is 0.430 e. The van der Waals surface area contributed by atoms with Crippen LogP contribution in [0.4, 0.5) is 13.2 Å². The molecule has 0 fully saturated rings. The lowest BCUT2D eigenvalue weighted by Crippen LogP contribution is -2.40. The molecule has 1 atom stereocenters. The van der Waals surface area contributed by atoms with Crippen molar-refractivity contribution in [2.45, 2.75) is 18.9 Å². The molecule has 0 aromatic heterocycles. The molecule has 1 unspecified atom stereocenters. The molecule has 2 aromatic rings. The highest BCUT2D eigenvalue weighted by Crippen LogP contribution is 2.37. The number of fused-ring (bicyclic) bond motifs is 1. The van der Waals surface area contributed by atoms with E-state index in [4.69, 9.17) is 14.9 Å². The molecular weight excluding hydrogens is 365 g/mol. The number of ether oxygens (including phenoxy) is 1. The minimum atomic E-state index is -4.88. The molecule has 0 aliphatic carbocycles. The summed E-state index contributed by atoms with van der Waals surface area (Å²) in [7, 11) is 0. The predicted molar refractivity (Wildman–Crippen MR) is 88.3 cm³/mol. The number of aliphatic hydroxyl groups excluding tert-OH is 1. The second-order valence-corrected chi connectivity index (χ2v) is 5.88. The molecule has 0 saturated heterocycles. The number of alkyl halides is 3. The summed E-state index contributed by atoms with van der Waals surface area (Å²) < 4.78 is 43.9. The fraction of sp³-hybridized carbons (Fsp3) is 0.158. The van der Waals surface area contributed by atoms with Gasteiger partial charge in [-0.1, -0.05) is 24.3 Å². The Morgan fingerprint density at radius 3 is 2.22 bits per heavy atom. The molecule has 1 aliphatic rings. The highest BCUT2D eigenvalue weighted by Gasteiger charge is 2.48. The number of carboxylic acids is 1. The van der Waals surface area contributed by atoms with Crippen molar-refractivity contribution in [1.29, 1.82) is 0 Å². The quantitative estimate of drug-likeness (QED) is 0.799. The first-order valence-electron chi connectivity index (χ1n) is 7.77. The molecule has 0 spiro atoms. The molecule has 2 aromatic carbocycles. The van der Waals surface area contributed by atoms with Gasteiger partial charge in [0.2, 0.25) is 6.10 Å². The molecule has 27 heavy (non-hydrogen) atoms. The predicted octanol–water partition coefficient (Wildman–Crippen LogP) is 3.20. The number of ketones is 1. The van der Waals surface area contributed by atoms with Gasteiger partial charge in [0.25, 0.3) is 0 Å². The number of carbonyl (C=O) groups excluding carboxylic acids is 1. The molecule has 5 nitrogen and oxygen atoms in total. The number of aliphatic hydroxyl groups is 1. The summed E-state index contributed by atoms with van der Waals surface area (Å²) in [6.45, 7) is -0.173. The van der Waals surface area contributed by atoms with E-state index in [-0.39, 0.29) is 23.5 Å². The average molecular weight is 378 g/mol. The second-order valence-electron chi connectivity index (χ2n) is 5.88. The lowest BCUT2D eigenvalue weighted by Gasteiger charge is -2.27. The van der Waals surface area contributed by atoms with Crippen LogP contribution in [0.15, 0.2) is 48.0 Å². The van der Waals surface area contributed by atoms with E-state index in [1.54, 1.807) is 12.1 Å². The van der Waals surface area contributed by atoms with Gasteiger partial charge in [0.05, 0.1) is 12.2 Å². The fourth-order valence-electron chi connectivity index (χ4n) is 2.69. The summed E-state index contributed by atoms with van der Waals surface area (Å²) in [6, 6.07) is 9.99. The first-order valence-corrected chi connectivity index (χ1v) is 7.77. The molecule has 0 amide bonds. The Morgan fingerprint density at radius 2 is 1.67 bits per heavy atom. The maximum atomic E-state index is 13.0. The van der Waals surface area contributed by atoms with Crippen LogP contribution in [-0.4, -0.2) is 34.2 Å². The molecule has 0 radical (unpaired) electrons. The van der Waals surface area contributed by atoms with Crippen molar-refractivity contribution in [3.63, 3.8) is 0 Å². The SMILES string of the molecule is O=C(O)C1=Cc2cc(C(=O)c3ccc(CO)cc3)ccc2OC1C(F)(F)F. The Hall–Kier alpha value is -3.13. The van der Waals surface area contributed by atoms with Crippen LogP contribution in [0.3, 0.4) is 0 Å². The van der Waals surface area contributed by atoms with Gasteiger partial charge < -0.3 is 14.9 Å². The Kier molecular flexibility index (Phi) is 4.75. The number of aliphatic carboxylic acids is 1. The zero-order valence-corrected chi connectivity index (χ0v) is 13.7. The number of hydrogen-bond acceptors (Lipinski definition) is 4. The Bertz CT molecular complexity index is 929. The number of hydrogen-bond donors (Lipinski definition) is 2. The third-order valence-electron chi connectivity index (χ3n) is 4.05. The van der Waals surface area contributed by atoms with Crippen LogP contribution in [0.25, 0.3) is 6.08 Å². The standard InChI is InChI=1S/C19H13F3O5/c20-19(21,22)17-14(18(25)26)8-13-7-12(5-6-15(13)27-17)16(24)11-3-1-10(9-23)2-4-11/h1-8,17,23H,9H2,(H,25,26). The van der Waals surface area contributed by atoms with E-state index in [2.05, 4.69) is 0 Å². The Labute approximate surface area is 151 Å². The molecule has 1 heterocycles. The topological polar surface area (TPSA) is 83.8 Å². The molecule has 3 rings (SSSR count). The van der Waals surface area contributed by atoms with E-state index in [1.807, 2.05) is 0 Å². The van der Waals surface area contributed by atoms with Crippen molar-refractivity contribution in [2.24, 2.45) is 0 Å². The van der Waals surface area contributed by atoms with E-state index in [1.165, 1.54) is 30.3 Å². The lowest BCUT2D eigenvalue weighted by molar-refractivity contribution is -0.187. The van der Waals surface area contributed by atoms with Crippen molar-refractivity contribution in [3.8, 4) is 5.75 Å². The summed E-state index contributed by atoms with van der Waals surface area (Å²) in [4.78, 5) is 23.7. The van der Waals surface area contributed by atoms with Gasteiger partial charge in [-0.15, -0.1) is 0 Å². The summed E-state index contributed by atoms with van der Waals surface area (Å²) >= 11 is 0. The fourth-order valence-corrected chi connectivity index (χ4v) is 2.69. The summed E-state index contributed by atoms with van der Waals surface area (Å²) in [5, 5.41) is 18.1. The maximum absolute atomic E-state index is 13.0. The van der Waals surface area contributed by atoms with Gasteiger partial charge in [0.1, 0.15) is 5.75 Å². The van der Waals surface area contributed by atoms with E-state index in [0.717, 1.165) is 6.08 Å². The Balaban J connectivity index is 1.98. The van der Waals surface area contributed by atoms with Crippen molar-refractivity contribution in [2.75, 3.05) is 0 Å². The zero-order valence-electron chi connectivity index (χ0n) is 13.7. The van der Waals surface area contributed by atoms with Crippen molar-refractivity contribution >= 4 is 17.8 Å². The van der Waals surface area contributed by atoms with Gasteiger partial charge >= 0.3 is 12.1 Å². The number of carbonyl (C=O) groups is 2. The molecular formula is C19H13F3O5. The van der Waals surface area contributed by atoms with Crippen LogP contribution >= 0.6 is 0 Å². The minimum Gasteiger partial charge on any atom is -0.478 e. The van der Waals surface area contributed by atoms with Gasteiger partial charge in [-0.2, -0.15) is 13.2 Å². The second kappa shape index (κ2) is 6.88. The Morgan fingerprint density at radius 1 is 1.04 bits per heavy atom. The van der Waals surface area contributed by atoms with Gasteiger partial charge in [-0.25, -0.2) is 4.79 Å². The minimum absolute atomic E-state index is 0.0747. The average Bonchev–Trinajstić information content (AvgIpc) is 2.65. The zero-order chi connectivity index (χ0) is 19.8. The molecule has 0 bridgehead atoms. The summed E-state index contributed by atoms with van der Waals surface area (Å²) in [6.07, 6.45) is -6.59. The van der Waals surface area contributed by atoms with Crippen LogP contribution < -0.4 is 4.74 Å². The van der Waals surface area contributed by atoms with E-state index in [9.17, 15) is 22.8 Å². The van der Waals surface area contributed by atoms with Crippen molar-refractivity contribution in [1.82, 2.24) is 0 Å². The van der Waals surface area contributed by atoms with Gasteiger partial charge in [-0.3, -0.25) is 4.79 Å². The van der Waals surface area contributed by atoms with Crippen LogP contribution in [0.1, 0.15) is 27.0 Å². The number of benzene rings is 2. The lowest BCUT2D eigenvalue weighted by atomic mass is 9.96. The largest absolute Gasteiger partial charge is 0.478 e. The van der Waals surface area contributed by atoms with Crippen LogP contribution in [-0.2, 0) is 11.4 Å². The van der Waals surface area contributed by atoms with E-state index < -0.39 is 29.6 Å². The van der Waals surface area contributed by atoms with Crippen LogP contribution in [0, 0.1) is 0 Å². The van der Waals surface area contributed by atoms with E-state index in [0.29, 0.717) is 11.1 Å². The molecule has 1 aliphatic heterocycles. The van der Waals surface area contributed by atoms with Crippen molar-refractivity contribution < 1.29 is 37.7 Å². The maximum Gasteiger partial charge on any atom is 0.430 e. The monoisotopic (exact) mass is 378 g/mol. The van der Waals surface area contributed by atoms with Gasteiger partial charge in [0.15, 0.2) is 5.78 Å². The summed E-state index contributed by atoms with van der Waals surface area (Å²) in [5.41, 5.74) is 0.232. The highest BCUT2D eigenvalue weighted by molar-refractivity contribution is 6.09. The first-order chi connectivity index (χ1) is 12.7. The third kappa shape index (κ3) is 3.70. The van der Waals surface area contributed by atoms with E-state index >= 15 is 0 Å². The molecule has 2 N–H and O–H groups in total. The summed E-state index contributed by atoms with van der Waals surface area (Å²) in [5.74, 6) is -2.31. The molecule has 8 heteroatoms. The van der Waals surface area contributed by atoms with Crippen LogP contribution in [0.5, 0.6) is 5.75 Å². The molecule has 140 valence electrons. The number of rotatable bonds is 4. The van der Waals surface area contributed by atoms with Crippen LogP contribution in [0.2, 0.25) is 0 Å². The molecule has 0 saturated carbocycles. The third-order valence-corrected chi connectivity index (χ3v) is 4.05. The van der Waals surface area contributed by atoms with Gasteiger partial charge in [0, 0.05) is 16.7 Å². The number of carboxylic acid groups (broad SMARTS) is 1. The normalized spacial score (nSPS) is 16.1. The van der Waals surface area contributed by atoms with Crippen molar-refractivity contribution in [3.05, 3.63) is 70.3 Å². The highest BCUT2D eigenvalue weighted by atomic mass is 19.4.